The molecule has 1 N–H and O–H groups in total. The Morgan fingerprint density at radius 2 is 1.88 bits per heavy atom. The third kappa shape index (κ3) is 3.26. The maximum atomic E-state index is 12.7. The van der Waals surface area contributed by atoms with E-state index in [4.69, 9.17) is 0 Å². The number of rotatable bonds is 3. The molecule has 3 rings (SSSR count). The maximum Gasteiger partial charge on any atom is 0.261 e. The summed E-state index contributed by atoms with van der Waals surface area (Å²) in [5.41, 5.74) is 4.21. The van der Waals surface area contributed by atoms with E-state index >= 15 is 0 Å². The second-order valence-electron chi connectivity index (χ2n) is 6.66. The number of anilines is 2. The van der Waals surface area contributed by atoms with Crippen LogP contribution in [0.4, 0.5) is 11.4 Å². The minimum Gasteiger partial charge on any atom is -0.309 e. The van der Waals surface area contributed by atoms with Gasteiger partial charge in [0.05, 0.1) is 10.6 Å². The fourth-order valence-electron chi connectivity index (χ4n) is 3.39. The fourth-order valence-corrected chi connectivity index (χ4v) is 4.57. The molecule has 0 aliphatic carbocycles. The van der Waals surface area contributed by atoms with Crippen LogP contribution in [0.5, 0.6) is 0 Å². The molecule has 0 saturated heterocycles. The van der Waals surface area contributed by atoms with E-state index in [2.05, 4.69) is 4.72 Å². The maximum absolute atomic E-state index is 12.7. The quantitative estimate of drug-likeness (QED) is 0.914. The number of amides is 1. The molecule has 1 amide bonds. The molecule has 0 saturated carbocycles. The number of aryl methyl sites for hydroxylation is 2. The number of carbonyl (C=O) groups excluding carboxylic acids is 1. The molecule has 1 aliphatic heterocycles. The molecule has 0 aromatic heterocycles. The lowest BCUT2D eigenvalue weighted by molar-refractivity contribution is -0.116. The molecule has 6 heteroatoms. The zero-order valence-corrected chi connectivity index (χ0v) is 15.6. The highest BCUT2D eigenvalue weighted by Gasteiger charge is 2.30. The minimum atomic E-state index is -3.68. The first-order valence-electron chi connectivity index (χ1n) is 8.22. The van der Waals surface area contributed by atoms with E-state index in [1.807, 2.05) is 32.9 Å². The van der Waals surface area contributed by atoms with E-state index in [0.717, 1.165) is 22.4 Å². The van der Waals surface area contributed by atoms with E-state index in [9.17, 15) is 13.2 Å². The van der Waals surface area contributed by atoms with Crippen molar-refractivity contribution in [3.05, 3.63) is 53.1 Å². The summed E-state index contributed by atoms with van der Waals surface area (Å²) in [4.78, 5) is 13.7. The molecule has 132 valence electrons. The lowest BCUT2D eigenvalue weighted by atomic mass is 10.1. The molecule has 0 fully saturated rings. The number of carbonyl (C=O) groups is 1. The summed E-state index contributed by atoms with van der Waals surface area (Å²) in [7, 11) is -3.68. The highest BCUT2D eigenvalue weighted by atomic mass is 32.2. The van der Waals surface area contributed by atoms with E-state index in [1.54, 1.807) is 29.2 Å². The number of hydrogen-bond acceptors (Lipinski definition) is 3. The molecule has 25 heavy (non-hydrogen) atoms. The second-order valence-corrected chi connectivity index (χ2v) is 8.34. The molecular formula is C19H22N2O3S. The van der Waals surface area contributed by atoms with Crippen LogP contribution >= 0.6 is 0 Å². The van der Waals surface area contributed by atoms with Crippen LogP contribution in [0.1, 0.15) is 30.5 Å². The Morgan fingerprint density at radius 1 is 1.16 bits per heavy atom. The van der Waals surface area contributed by atoms with Gasteiger partial charge in [-0.3, -0.25) is 9.52 Å². The van der Waals surface area contributed by atoms with Crippen molar-refractivity contribution >= 4 is 27.3 Å². The summed E-state index contributed by atoms with van der Waals surface area (Å²) in [6.07, 6.45) is 0.655. The van der Waals surface area contributed by atoms with Gasteiger partial charge in [-0.2, -0.15) is 0 Å². The zero-order chi connectivity index (χ0) is 18.4. The Morgan fingerprint density at radius 3 is 2.52 bits per heavy atom. The van der Waals surface area contributed by atoms with Crippen molar-refractivity contribution in [2.75, 3.05) is 9.62 Å². The highest BCUT2D eigenvalue weighted by Crippen LogP contribution is 2.34. The Hall–Kier alpha value is -2.34. The molecule has 0 bridgehead atoms. The molecular weight excluding hydrogens is 336 g/mol. The molecule has 1 aliphatic rings. The van der Waals surface area contributed by atoms with E-state index in [0.29, 0.717) is 12.1 Å². The molecule has 2 aromatic rings. The van der Waals surface area contributed by atoms with Crippen LogP contribution in [0.25, 0.3) is 0 Å². The van der Waals surface area contributed by atoms with Gasteiger partial charge in [-0.25, -0.2) is 8.42 Å². The van der Waals surface area contributed by atoms with Crippen LogP contribution in [-0.2, 0) is 21.2 Å². The number of fused-ring (bicyclic) bond motifs is 1. The van der Waals surface area contributed by atoms with Crippen molar-refractivity contribution in [2.45, 2.75) is 45.1 Å². The molecule has 2 aromatic carbocycles. The van der Waals surface area contributed by atoms with Gasteiger partial charge >= 0.3 is 0 Å². The summed E-state index contributed by atoms with van der Waals surface area (Å²) in [5.74, 6) is -0.0322. The van der Waals surface area contributed by atoms with Crippen molar-refractivity contribution in [1.29, 1.82) is 0 Å². The SMILES string of the molecule is CC(=O)N1c2ccc(S(=O)(=O)Nc3ccc(C)cc3C)cc2C[C@@H]1C. The van der Waals surface area contributed by atoms with Crippen molar-refractivity contribution in [2.24, 2.45) is 0 Å². The van der Waals surface area contributed by atoms with Crippen LogP contribution in [0.15, 0.2) is 41.3 Å². The third-order valence-electron chi connectivity index (χ3n) is 4.54. The molecule has 0 spiro atoms. The molecule has 1 heterocycles. The summed E-state index contributed by atoms with van der Waals surface area (Å²) < 4.78 is 28.1. The van der Waals surface area contributed by atoms with E-state index < -0.39 is 10.0 Å². The summed E-state index contributed by atoms with van der Waals surface area (Å²) in [6, 6.07) is 10.6. The van der Waals surface area contributed by atoms with Crippen molar-refractivity contribution < 1.29 is 13.2 Å². The van der Waals surface area contributed by atoms with Gasteiger partial charge < -0.3 is 4.90 Å². The lowest BCUT2D eigenvalue weighted by Gasteiger charge is -2.20. The normalized spacial score (nSPS) is 16.6. The standard InChI is InChI=1S/C19H22N2O3S/c1-12-5-7-18(13(2)9-12)20-25(23,24)17-6-8-19-16(11-17)10-14(3)21(19)15(4)22/h5-9,11,14,20H,10H2,1-4H3/t14-/m0/s1. The smallest absolute Gasteiger partial charge is 0.261 e. The minimum absolute atomic E-state index is 0.0322. The molecule has 1 atom stereocenters. The van der Waals surface area contributed by atoms with Gasteiger partial charge in [0.15, 0.2) is 0 Å². The monoisotopic (exact) mass is 358 g/mol. The van der Waals surface area contributed by atoms with Crippen LogP contribution in [0.3, 0.4) is 0 Å². The van der Waals surface area contributed by atoms with Gasteiger partial charge in [0, 0.05) is 18.7 Å². The molecule has 5 nitrogen and oxygen atoms in total. The second kappa shape index (κ2) is 6.19. The predicted molar refractivity (Wildman–Crippen MR) is 99.5 cm³/mol. The summed E-state index contributed by atoms with van der Waals surface area (Å²) >= 11 is 0. The number of nitrogens with zero attached hydrogens (tertiary/aromatic N) is 1. The number of benzene rings is 2. The predicted octanol–water partition coefficient (Wildman–Crippen LogP) is 3.40. The van der Waals surface area contributed by atoms with Crippen LogP contribution in [0.2, 0.25) is 0 Å². The van der Waals surface area contributed by atoms with Gasteiger partial charge in [-0.15, -0.1) is 0 Å². The number of hydrogen-bond donors (Lipinski definition) is 1. The Kier molecular flexibility index (Phi) is 4.33. The van der Waals surface area contributed by atoms with Gasteiger partial charge in [0.25, 0.3) is 10.0 Å². The number of nitrogens with one attached hydrogen (secondary N) is 1. The van der Waals surface area contributed by atoms with Gasteiger partial charge in [-0.05, 0) is 62.6 Å². The van der Waals surface area contributed by atoms with E-state index in [-0.39, 0.29) is 16.8 Å². The van der Waals surface area contributed by atoms with Gasteiger partial charge in [0.2, 0.25) is 5.91 Å². The van der Waals surface area contributed by atoms with Crippen LogP contribution in [0, 0.1) is 13.8 Å². The highest BCUT2D eigenvalue weighted by molar-refractivity contribution is 7.92. The summed E-state index contributed by atoms with van der Waals surface area (Å²) in [5, 5.41) is 0. The molecule has 0 radical (unpaired) electrons. The Bertz CT molecular complexity index is 951. The topological polar surface area (TPSA) is 66.5 Å². The van der Waals surface area contributed by atoms with Crippen molar-refractivity contribution in [1.82, 2.24) is 0 Å². The van der Waals surface area contributed by atoms with Gasteiger partial charge in [-0.1, -0.05) is 17.7 Å². The van der Waals surface area contributed by atoms with Gasteiger partial charge in [0.1, 0.15) is 0 Å². The average Bonchev–Trinajstić information content (AvgIpc) is 2.85. The van der Waals surface area contributed by atoms with E-state index in [1.165, 1.54) is 6.92 Å². The van der Waals surface area contributed by atoms with Crippen molar-refractivity contribution in [3.8, 4) is 0 Å². The molecule has 0 unspecified atom stereocenters. The number of sulfonamides is 1. The average molecular weight is 358 g/mol. The van der Waals surface area contributed by atoms with Crippen LogP contribution in [-0.4, -0.2) is 20.4 Å². The first-order chi connectivity index (χ1) is 11.7. The third-order valence-corrected chi connectivity index (χ3v) is 5.91. The fraction of sp³-hybridized carbons (Fsp3) is 0.316. The lowest BCUT2D eigenvalue weighted by Crippen LogP contribution is -2.33. The largest absolute Gasteiger partial charge is 0.309 e. The Labute approximate surface area is 148 Å². The first-order valence-corrected chi connectivity index (χ1v) is 9.70. The van der Waals surface area contributed by atoms with Crippen LogP contribution < -0.4 is 9.62 Å². The zero-order valence-electron chi connectivity index (χ0n) is 14.8. The Balaban J connectivity index is 1.94. The summed E-state index contributed by atoms with van der Waals surface area (Å²) in [6.45, 7) is 7.33. The van der Waals surface area contributed by atoms with Crippen molar-refractivity contribution in [3.63, 3.8) is 0 Å². The first kappa shape index (κ1) is 17.5.